The average molecular weight is 398 g/mol. The van der Waals surface area contributed by atoms with Crippen molar-refractivity contribution in [1.29, 1.82) is 0 Å². The number of amides is 3. The molecule has 1 fully saturated rings. The molecule has 0 spiro atoms. The van der Waals surface area contributed by atoms with Gasteiger partial charge in [0.2, 0.25) is 11.7 Å². The molecule has 6 nitrogen and oxygen atoms in total. The number of alkyl halides is 3. The number of para-hydroxylation sites is 1. The first-order chi connectivity index (χ1) is 12.8. The number of carbonyl (C=O) groups is 2. The Kier molecular flexibility index (Phi) is 5.83. The molecule has 0 bridgehead atoms. The SMILES string of the molecule is O=C(CSc1nc(C(F)(F)F)nc2ccccc12)NC(=O)NC1CCCC1. The molecule has 1 aliphatic carbocycles. The Balaban J connectivity index is 1.66. The summed E-state index contributed by atoms with van der Waals surface area (Å²) in [5.41, 5.74) is 0.140. The zero-order chi connectivity index (χ0) is 19.4. The zero-order valence-electron chi connectivity index (χ0n) is 14.2. The largest absolute Gasteiger partial charge is 0.451 e. The Labute approximate surface area is 157 Å². The van der Waals surface area contributed by atoms with Gasteiger partial charge in [0.25, 0.3) is 0 Å². The lowest BCUT2D eigenvalue weighted by molar-refractivity contribution is -0.145. The van der Waals surface area contributed by atoms with E-state index >= 15 is 0 Å². The van der Waals surface area contributed by atoms with Crippen LogP contribution >= 0.6 is 11.8 Å². The summed E-state index contributed by atoms with van der Waals surface area (Å²) in [5, 5.41) is 5.36. The van der Waals surface area contributed by atoms with Gasteiger partial charge < -0.3 is 5.32 Å². The molecule has 0 aliphatic heterocycles. The molecule has 3 amide bonds. The second-order valence-corrected chi connectivity index (χ2v) is 7.12. The van der Waals surface area contributed by atoms with Gasteiger partial charge in [-0.2, -0.15) is 13.2 Å². The number of nitrogens with zero attached hydrogens (tertiary/aromatic N) is 2. The lowest BCUT2D eigenvalue weighted by Gasteiger charge is -2.12. The third kappa shape index (κ3) is 5.09. The normalized spacial score (nSPS) is 15.1. The lowest BCUT2D eigenvalue weighted by Crippen LogP contribution is -2.44. The van der Waals surface area contributed by atoms with Gasteiger partial charge in [0.05, 0.1) is 11.3 Å². The van der Waals surface area contributed by atoms with Crippen molar-refractivity contribution in [2.45, 2.75) is 42.9 Å². The van der Waals surface area contributed by atoms with Crippen molar-refractivity contribution in [3.63, 3.8) is 0 Å². The van der Waals surface area contributed by atoms with Crippen molar-refractivity contribution in [3.05, 3.63) is 30.1 Å². The number of urea groups is 1. The number of carbonyl (C=O) groups excluding carboxylic acids is 2. The van der Waals surface area contributed by atoms with E-state index in [1.807, 2.05) is 0 Å². The first kappa shape index (κ1) is 19.4. The highest BCUT2D eigenvalue weighted by Gasteiger charge is 2.35. The molecule has 10 heteroatoms. The van der Waals surface area contributed by atoms with Gasteiger partial charge in [-0.15, -0.1) is 0 Å². The van der Waals surface area contributed by atoms with Crippen LogP contribution in [-0.2, 0) is 11.0 Å². The van der Waals surface area contributed by atoms with Gasteiger partial charge in [0, 0.05) is 11.4 Å². The number of aromatic nitrogens is 2. The van der Waals surface area contributed by atoms with Crippen molar-refractivity contribution in [1.82, 2.24) is 20.6 Å². The molecule has 0 unspecified atom stereocenters. The standard InChI is InChI=1S/C17H17F3N4O2S/c18-17(19,20)15-22-12-8-4-3-7-11(12)14(24-15)27-9-13(25)23-16(26)21-10-5-1-2-6-10/h3-4,7-8,10H,1-2,5-6,9H2,(H2,21,23,25,26). The summed E-state index contributed by atoms with van der Waals surface area (Å²) in [6.07, 6.45) is -0.857. The number of hydrogen-bond donors (Lipinski definition) is 2. The van der Waals surface area contributed by atoms with Crippen LogP contribution in [0.25, 0.3) is 10.9 Å². The maximum atomic E-state index is 13.0. The van der Waals surface area contributed by atoms with Crippen molar-refractivity contribution in [2.24, 2.45) is 0 Å². The van der Waals surface area contributed by atoms with E-state index in [1.165, 1.54) is 6.07 Å². The van der Waals surface area contributed by atoms with E-state index in [4.69, 9.17) is 0 Å². The highest BCUT2D eigenvalue weighted by atomic mass is 32.2. The Morgan fingerprint density at radius 3 is 2.56 bits per heavy atom. The summed E-state index contributed by atoms with van der Waals surface area (Å²) >= 11 is 0.830. The van der Waals surface area contributed by atoms with Crippen molar-refractivity contribution in [2.75, 3.05) is 5.75 Å². The van der Waals surface area contributed by atoms with Crippen LogP contribution in [0.15, 0.2) is 29.3 Å². The van der Waals surface area contributed by atoms with Crippen LogP contribution in [0.4, 0.5) is 18.0 Å². The van der Waals surface area contributed by atoms with Crippen LogP contribution in [0.3, 0.4) is 0 Å². The molecule has 1 aromatic heterocycles. The highest BCUT2D eigenvalue weighted by Crippen LogP contribution is 2.31. The summed E-state index contributed by atoms with van der Waals surface area (Å²) in [4.78, 5) is 30.8. The number of fused-ring (bicyclic) bond motifs is 1. The number of benzene rings is 1. The minimum atomic E-state index is -4.69. The van der Waals surface area contributed by atoms with E-state index in [-0.39, 0.29) is 22.3 Å². The average Bonchev–Trinajstić information content (AvgIpc) is 3.11. The third-order valence-corrected chi connectivity index (χ3v) is 5.10. The smallest absolute Gasteiger partial charge is 0.335 e. The van der Waals surface area contributed by atoms with Crippen LogP contribution in [-0.4, -0.2) is 33.7 Å². The van der Waals surface area contributed by atoms with Crippen LogP contribution in [0.5, 0.6) is 0 Å². The third-order valence-electron chi connectivity index (χ3n) is 4.11. The predicted octanol–water partition coefficient (Wildman–Crippen LogP) is 3.51. The number of hydrogen-bond acceptors (Lipinski definition) is 5. The Bertz CT molecular complexity index is 854. The van der Waals surface area contributed by atoms with Crippen LogP contribution < -0.4 is 10.6 Å². The number of thioether (sulfide) groups is 1. The van der Waals surface area contributed by atoms with Gasteiger partial charge in [-0.1, -0.05) is 42.8 Å². The molecule has 2 N–H and O–H groups in total. The maximum absolute atomic E-state index is 13.0. The fourth-order valence-corrected chi connectivity index (χ4v) is 3.69. The molecule has 2 aromatic rings. The lowest BCUT2D eigenvalue weighted by atomic mass is 10.2. The fraction of sp³-hybridized carbons (Fsp3) is 0.412. The quantitative estimate of drug-likeness (QED) is 0.608. The highest BCUT2D eigenvalue weighted by molar-refractivity contribution is 8.00. The molecular formula is C17H17F3N4O2S. The second-order valence-electron chi connectivity index (χ2n) is 6.16. The molecule has 0 atom stereocenters. The first-order valence-corrected chi connectivity index (χ1v) is 9.38. The van der Waals surface area contributed by atoms with Gasteiger partial charge in [-0.3, -0.25) is 10.1 Å². The minimum Gasteiger partial charge on any atom is -0.335 e. The van der Waals surface area contributed by atoms with Crippen LogP contribution in [0.2, 0.25) is 0 Å². The molecular weight excluding hydrogens is 381 g/mol. The molecule has 1 aromatic carbocycles. The predicted molar refractivity (Wildman–Crippen MR) is 94.2 cm³/mol. The van der Waals surface area contributed by atoms with Crippen LogP contribution in [0, 0.1) is 0 Å². The van der Waals surface area contributed by atoms with E-state index in [9.17, 15) is 22.8 Å². The molecule has 0 saturated heterocycles. The molecule has 1 saturated carbocycles. The second kappa shape index (κ2) is 8.12. The Morgan fingerprint density at radius 1 is 1.15 bits per heavy atom. The van der Waals surface area contributed by atoms with E-state index < -0.39 is 23.9 Å². The monoisotopic (exact) mass is 398 g/mol. The number of imide groups is 1. The number of nitrogens with one attached hydrogen (secondary N) is 2. The summed E-state index contributed by atoms with van der Waals surface area (Å²) in [6.45, 7) is 0. The molecule has 1 aliphatic rings. The first-order valence-electron chi connectivity index (χ1n) is 8.40. The summed E-state index contributed by atoms with van der Waals surface area (Å²) in [6, 6.07) is 5.73. The summed E-state index contributed by atoms with van der Waals surface area (Å²) in [7, 11) is 0. The van der Waals surface area contributed by atoms with Crippen molar-refractivity contribution < 1.29 is 22.8 Å². The van der Waals surface area contributed by atoms with Crippen LogP contribution in [0.1, 0.15) is 31.5 Å². The molecule has 144 valence electrons. The zero-order valence-corrected chi connectivity index (χ0v) is 15.0. The molecule has 27 heavy (non-hydrogen) atoms. The number of rotatable bonds is 4. The molecule has 3 rings (SSSR count). The van der Waals surface area contributed by atoms with Gasteiger partial charge in [-0.05, 0) is 18.9 Å². The summed E-state index contributed by atoms with van der Waals surface area (Å²) < 4.78 is 39.0. The maximum Gasteiger partial charge on any atom is 0.451 e. The summed E-state index contributed by atoms with van der Waals surface area (Å²) in [5.74, 6) is -2.11. The van der Waals surface area contributed by atoms with Crippen molar-refractivity contribution >= 4 is 34.6 Å². The molecule has 1 heterocycles. The van der Waals surface area contributed by atoms with E-state index in [1.54, 1.807) is 18.2 Å². The number of halogens is 3. The van der Waals surface area contributed by atoms with Gasteiger partial charge in [-0.25, -0.2) is 14.8 Å². The topological polar surface area (TPSA) is 84.0 Å². The molecule has 0 radical (unpaired) electrons. The van der Waals surface area contributed by atoms with E-state index in [2.05, 4.69) is 20.6 Å². The fourth-order valence-electron chi connectivity index (χ4n) is 2.87. The van der Waals surface area contributed by atoms with Gasteiger partial charge >= 0.3 is 12.2 Å². The Hall–Kier alpha value is -2.36. The van der Waals surface area contributed by atoms with Crippen molar-refractivity contribution in [3.8, 4) is 0 Å². The Morgan fingerprint density at radius 2 is 1.85 bits per heavy atom. The van der Waals surface area contributed by atoms with Gasteiger partial charge in [0.15, 0.2) is 0 Å². The minimum absolute atomic E-state index is 0.0410. The van der Waals surface area contributed by atoms with E-state index in [0.717, 1.165) is 37.4 Å². The van der Waals surface area contributed by atoms with E-state index in [0.29, 0.717) is 5.39 Å². The van der Waals surface area contributed by atoms with Gasteiger partial charge in [0.1, 0.15) is 5.03 Å².